The number of ether oxygens (including phenoxy) is 1. The minimum Gasteiger partial charge on any atom is -0.479 e. The number of aromatic nitrogens is 1. The van der Waals surface area contributed by atoms with E-state index < -0.39 is 12.1 Å². The summed E-state index contributed by atoms with van der Waals surface area (Å²) >= 11 is 0. The van der Waals surface area contributed by atoms with Gasteiger partial charge in [0.05, 0.1) is 13.0 Å². The quantitative estimate of drug-likeness (QED) is 0.746. The highest BCUT2D eigenvalue weighted by molar-refractivity contribution is 5.90. The monoisotopic (exact) mass is 290 g/mol. The van der Waals surface area contributed by atoms with Gasteiger partial charge in [0.15, 0.2) is 6.10 Å². The lowest BCUT2D eigenvalue weighted by atomic mass is 10.1. The number of carboxylic acid groups (broad SMARTS) is 1. The van der Waals surface area contributed by atoms with Crippen molar-refractivity contribution in [2.75, 3.05) is 13.7 Å². The second-order valence-corrected chi connectivity index (χ2v) is 4.82. The van der Waals surface area contributed by atoms with Crippen LogP contribution in [0, 0.1) is 6.92 Å². The third-order valence-corrected chi connectivity index (χ3v) is 3.41. The lowest BCUT2D eigenvalue weighted by Gasteiger charge is -2.11. The average Bonchev–Trinajstić information content (AvgIpc) is 2.75. The first kappa shape index (κ1) is 15.1. The molecule has 0 radical (unpaired) electrons. The molecule has 6 heteroatoms. The molecular weight excluding hydrogens is 272 g/mol. The van der Waals surface area contributed by atoms with Gasteiger partial charge in [0.25, 0.3) is 0 Å². The first-order chi connectivity index (χ1) is 10.0. The van der Waals surface area contributed by atoms with E-state index in [4.69, 9.17) is 9.84 Å². The summed E-state index contributed by atoms with van der Waals surface area (Å²) in [5.74, 6) is -1.33. The summed E-state index contributed by atoms with van der Waals surface area (Å²) in [4.78, 5) is 26.0. The van der Waals surface area contributed by atoms with Gasteiger partial charge < -0.3 is 20.1 Å². The van der Waals surface area contributed by atoms with Gasteiger partial charge in [-0.15, -0.1) is 0 Å². The van der Waals surface area contributed by atoms with Gasteiger partial charge >= 0.3 is 5.97 Å². The van der Waals surface area contributed by atoms with Crippen LogP contribution in [0.5, 0.6) is 0 Å². The second-order valence-electron chi connectivity index (χ2n) is 4.82. The molecule has 1 unspecified atom stereocenters. The number of benzene rings is 1. The van der Waals surface area contributed by atoms with Gasteiger partial charge in [-0.05, 0) is 18.6 Å². The Morgan fingerprint density at radius 1 is 1.38 bits per heavy atom. The molecule has 1 heterocycles. The van der Waals surface area contributed by atoms with Crippen LogP contribution >= 0.6 is 0 Å². The van der Waals surface area contributed by atoms with Crippen LogP contribution in [0.4, 0.5) is 0 Å². The maximum atomic E-state index is 12.0. The Bertz CT molecular complexity index is 663. The number of carboxylic acids is 1. The zero-order chi connectivity index (χ0) is 15.4. The normalized spacial score (nSPS) is 12.3. The van der Waals surface area contributed by atoms with Crippen LogP contribution in [0.25, 0.3) is 10.9 Å². The SMILES string of the molecule is COC(CNC(=O)Cc1c(C)[nH]c2ccccc12)C(=O)O. The number of aromatic amines is 1. The Kier molecular flexibility index (Phi) is 4.59. The van der Waals surface area contributed by atoms with Crippen LogP contribution < -0.4 is 5.32 Å². The van der Waals surface area contributed by atoms with Gasteiger partial charge in [-0.3, -0.25) is 4.79 Å². The van der Waals surface area contributed by atoms with Crippen LogP contribution in [-0.4, -0.2) is 41.7 Å². The van der Waals surface area contributed by atoms with Crippen molar-refractivity contribution in [1.29, 1.82) is 0 Å². The predicted molar refractivity (Wildman–Crippen MR) is 78.2 cm³/mol. The fraction of sp³-hybridized carbons (Fsp3) is 0.333. The molecule has 2 aromatic rings. The number of rotatable bonds is 6. The number of aryl methyl sites for hydroxylation is 1. The lowest BCUT2D eigenvalue weighted by Crippen LogP contribution is -2.38. The molecule has 0 aliphatic carbocycles. The van der Waals surface area contributed by atoms with E-state index in [1.165, 1.54) is 7.11 Å². The van der Waals surface area contributed by atoms with Crippen molar-refractivity contribution in [3.63, 3.8) is 0 Å². The number of para-hydroxylation sites is 1. The fourth-order valence-electron chi connectivity index (χ4n) is 2.26. The number of hydrogen-bond donors (Lipinski definition) is 3. The molecule has 1 aromatic heterocycles. The number of aliphatic carboxylic acids is 1. The van der Waals surface area contributed by atoms with E-state index >= 15 is 0 Å². The Hall–Kier alpha value is -2.34. The van der Waals surface area contributed by atoms with E-state index in [2.05, 4.69) is 10.3 Å². The molecule has 0 saturated carbocycles. The average molecular weight is 290 g/mol. The number of nitrogens with one attached hydrogen (secondary N) is 2. The second kappa shape index (κ2) is 6.41. The number of carbonyl (C=O) groups excluding carboxylic acids is 1. The predicted octanol–water partition coefficient (Wildman–Crippen LogP) is 1.23. The van der Waals surface area contributed by atoms with Gasteiger partial charge in [-0.2, -0.15) is 0 Å². The highest BCUT2D eigenvalue weighted by Crippen LogP contribution is 2.22. The number of methoxy groups -OCH3 is 1. The van der Waals surface area contributed by atoms with Crippen molar-refractivity contribution in [2.45, 2.75) is 19.4 Å². The molecule has 0 fully saturated rings. The number of H-pyrrole nitrogens is 1. The molecule has 0 aliphatic heterocycles. The highest BCUT2D eigenvalue weighted by atomic mass is 16.5. The highest BCUT2D eigenvalue weighted by Gasteiger charge is 2.18. The number of hydrogen-bond acceptors (Lipinski definition) is 3. The first-order valence-electron chi connectivity index (χ1n) is 6.61. The molecule has 0 saturated heterocycles. The number of fused-ring (bicyclic) bond motifs is 1. The van der Waals surface area contributed by atoms with Gasteiger partial charge in [0, 0.05) is 23.7 Å². The Balaban J connectivity index is 2.05. The zero-order valence-corrected chi connectivity index (χ0v) is 12.0. The summed E-state index contributed by atoms with van der Waals surface area (Å²) in [6.07, 6.45) is -0.829. The van der Waals surface area contributed by atoms with Gasteiger partial charge in [0.1, 0.15) is 0 Å². The van der Waals surface area contributed by atoms with Gasteiger partial charge in [-0.1, -0.05) is 18.2 Å². The summed E-state index contributed by atoms with van der Waals surface area (Å²) in [5, 5.41) is 12.4. The molecular formula is C15H18N2O4. The molecule has 1 amide bonds. The largest absolute Gasteiger partial charge is 0.479 e. The van der Waals surface area contributed by atoms with Gasteiger partial charge in [-0.25, -0.2) is 4.79 Å². The van der Waals surface area contributed by atoms with Crippen molar-refractivity contribution in [2.24, 2.45) is 0 Å². The van der Waals surface area contributed by atoms with Crippen molar-refractivity contribution in [1.82, 2.24) is 10.3 Å². The van der Waals surface area contributed by atoms with Crippen LogP contribution in [0.15, 0.2) is 24.3 Å². The topological polar surface area (TPSA) is 91.4 Å². The van der Waals surface area contributed by atoms with Crippen molar-refractivity contribution >= 4 is 22.8 Å². The van der Waals surface area contributed by atoms with Crippen molar-refractivity contribution < 1.29 is 19.4 Å². The van der Waals surface area contributed by atoms with Crippen molar-refractivity contribution in [3.05, 3.63) is 35.5 Å². The Morgan fingerprint density at radius 2 is 2.10 bits per heavy atom. The molecule has 21 heavy (non-hydrogen) atoms. The minimum atomic E-state index is -1.10. The summed E-state index contributed by atoms with van der Waals surface area (Å²) in [6.45, 7) is 1.86. The molecule has 1 aromatic carbocycles. The van der Waals surface area contributed by atoms with E-state index in [0.29, 0.717) is 0 Å². The molecule has 1 atom stereocenters. The minimum absolute atomic E-state index is 0.0495. The fourth-order valence-corrected chi connectivity index (χ4v) is 2.26. The van der Waals surface area contributed by atoms with Crippen LogP contribution in [0.2, 0.25) is 0 Å². The molecule has 112 valence electrons. The van der Waals surface area contributed by atoms with E-state index in [1.807, 2.05) is 31.2 Å². The molecule has 6 nitrogen and oxygen atoms in total. The molecule has 0 bridgehead atoms. The number of carbonyl (C=O) groups is 2. The van der Waals surface area contributed by atoms with Crippen LogP contribution in [-0.2, 0) is 20.7 Å². The maximum Gasteiger partial charge on any atom is 0.334 e. The van der Waals surface area contributed by atoms with E-state index in [1.54, 1.807) is 0 Å². The third-order valence-electron chi connectivity index (χ3n) is 3.41. The number of amides is 1. The third kappa shape index (κ3) is 3.41. The summed E-state index contributed by atoms with van der Waals surface area (Å²) in [6, 6.07) is 7.76. The van der Waals surface area contributed by atoms with E-state index in [9.17, 15) is 9.59 Å². The van der Waals surface area contributed by atoms with Crippen molar-refractivity contribution in [3.8, 4) is 0 Å². The summed E-state index contributed by atoms with van der Waals surface area (Å²) < 4.78 is 4.77. The zero-order valence-electron chi connectivity index (χ0n) is 12.0. The molecule has 0 aliphatic rings. The maximum absolute atomic E-state index is 12.0. The van der Waals surface area contributed by atoms with E-state index in [0.717, 1.165) is 22.2 Å². The van der Waals surface area contributed by atoms with E-state index in [-0.39, 0.29) is 18.9 Å². The Labute approximate surface area is 122 Å². The van der Waals surface area contributed by atoms with Gasteiger partial charge in [0.2, 0.25) is 5.91 Å². The summed E-state index contributed by atoms with van der Waals surface area (Å²) in [7, 11) is 1.30. The first-order valence-corrected chi connectivity index (χ1v) is 6.61. The van der Waals surface area contributed by atoms with Crippen LogP contribution in [0.3, 0.4) is 0 Å². The molecule has 2 rings (SSSR count). The summed E-state index contributed by atoms with van der Waals surface area (Å²) in [5.41, 5.74) is 2.85. The Morgan fingerprint density at radius 3 is 2.76 bits per heavy atom. The molecule has 0 spiro atoms. The smallest absolute Gasteiger partial charge is 0.334 e. The van der Waals surface area contributed by atoms with Crippen LogP contribution in [0.1, 0.15) is 11.3 Å². The lowest BCUT2D eigenvalue weighted by molar-refractivity contribution is -0.148. The molecule has 3 N–H and O–H groups in total. The standard InChI is InChI=1S/C15H18N2O4/c1-9-11(10-5-3-4-6-12(10)17-9)7-14(18)16-8-13(21-2)15(19)20/h3-6,13,17H,7-8H2,1-2H3,(H,16,18)(H,19,20).